The van der Waals surface area contributed by atoms with Crippen LogP contribution in [0.4, 0.5) is 0 Å². The zero-order chi connectivity index (χ0) is 17.9. The molecule has 7 heteroatoms. The van der Waals surface area contributed by atoms with Crippen LogP contribution in [0.5, 0.6) is 5.75 Å². The lowest BCUT2D eigenvalue weighted by atomic mass is 10.0. The van der Waals surface area contributed by atoms with Crippen molar-refractivity contribution in [3.8, 4) is 5.75 Å². The zero-order valence-electron chi connectivity index (χ0n) is 14.8. The van der Waals surface area contributed by atoms with Crippen LogP contribution in [0.15, 0.2) is 12.1 Å². The van der Waals surface area contributed by atoms with Gasteiger partial charge in [-0.05, 0) is 44.4 Å². The third-order valence-electron chi connectivity index (χ3n) is 4.35. The van der Waals surface area contributed by atoms with Crippen molar-refractivity contribution in [1.29, 1.82) is 0 Å². The minimum absolute atomic E-state index is 0.0891. The van der Waals surface area contributed by atoms with Crippen LogP contribution in [0.25, 0.3) is 0 Å². The van der Waals surface area contributed by atoms with Crippen molar-refractivity contribution >= 4 is 15.9 Å². The minimum Gasteiger partial charge on any atom is -0.496 e. The fourth-order valence-electron chi connectivity index (χ4n) is 3.11. The van der Waals surface area contributed by atoms with Crippen molar-refractivity contribution in [3.63, 3.8) is 0 Å². The molecular weight excluding hydrogens is 328 g/mol. The van der Waals surface area contributed by atoms with Crippen LogP contribution in [0.3, 0.4) is 0 Å². The predicted molar refractivity (Wildman–Crippen MR) is 94.0 cm³/mol. The van der Waals surface area contributed by atoms with Gasteiger partial charge in [0, 0.05) is 26.2 Å². The van der Waals surface area contributed by atoms with Gasteiger partial charge in [0.15, 0.2) is 0 Å². The predicted octanol–water partition coefficient (Wildman–Crippen LogP) is 1.81. The first-order valence-corrected chi connectivity index (χ1v) is 9.83. The molecule has 0 aliphatic carbocycles. The van der Waals surface area contributed by atoms with E-state index in [9.17, 15) is 13.2 Å². The Labute approximate surface area is 144 Å². The van der Waals surface area contributed by atoms with Gasteiger partial charge in [0.25, 0.3) is 5.91 Å². The van der Waals surface area contributed by atoms with E-state index >= 15 is 0 Å². The number of rotatable bonds is 4. The van der Waals surface area contributed by atoms with Crippen LogP contribution in [-0.4, -0.2) is 62.6 Å². The number of ether oxygens (including phenoxy) is 1. The smallest absolute Gasteiger partial charge is 0.257 e. The van der Waals surface area contributed by atoms with E-state index in [1.54, 1.807) is 18.9 Å². The Balaban J connectivity index is 2.23. The van der Waals surface area contributed by atoms with E-state index < -0.39 is 10.0 Å². The van der Waals surface area contributed by atoms with Crippen LogP contribution < -0.4 is 4.74 Å². The average Bonchev–Trinajstić information content (AvgIpc) is 2.80. The summed E-state index contributed by atoms with van der Waals surface area (Å²) in [7, 11) is -1.65. The van der Waals surface area contributed by atoms with Crippen LogP contribution >= 0.6 is 0 Å². The number of hydrogen-bond acceptors (Lipinski definition) is 4. The molecule has 1 aliphatic heterocycles. The first kappa shape index (κ1) is 18.7. The first-order chi connectivity index (χ1) is 11.3. The molecule has 24 heavy (non-hydrogen) atoms. The minimum atomic E-state index is -3.21. The van der Waals surface area contributed by atoms with E-state index in [2.05, 4.69) is 0 Å². The van der Waals surface area contributed by atoms with E-state index in [-0.39, 0.29) is 11.7 Å². The highest BCUT2D eigenvalue weighted by Gasteiger charge is 2.27. The number of carbonyl (C=O) groups excluding carboxylic acids is 1. The molecule has 1 aliphatic rings. The highest BCUT2D eigenvalue weighted by atomic mass is 32.2. The molecule has 0 spiro atoms. The molecule has 1 fully saturated rings. The summed E-state index contributed by atoms with van der Waals surface area (Å²) in [6, 6.07) is 3.81. The largest absolute Gasteiger partial charge is 0.496 e. The summed E-state index contributed by atoms with van der Waals surface area (Å²) in [5.41, 5.74) is 2.47. The van der Waals surface area contributed by atoms with Crippen molar-refractivity contribution in [2.45, 2.75) is 27.2 Å². The molecule has 1 amide bonds. The molecule has 6 nitrogen and oxygen atoms in total. The summed E-state index contributed by atoms with van der Waals surface area (Å²) in [6.45, 7) is 7.25. The van der Waals surface area contributed by atoms with Gasteiger partial charge < -0.3 is 9.64 Å². The maximum Gasteiger partial charge on any atom is 0.257 e. The lowest BCUT2D eigenvalue weighted by Gasteiger charge is -2.23. The molecule has 0 radical (unpaired) electrons. The zero-order valence-corrected chi connectivity index (χ0v) is 15.6. The topological polar surface area (TPSA) is 66.9 Å². The second-order valence-electron chi connectivity index (χ2n) is 6.11. The van der Waals surface area contributed by atoms with E-state index in [1.807, 2.05) is 26.0 Å². The molecule has 1 aromatic rings. The van der Waals surface area contributed by atoms with Gasteiger partial charge in [-0.2, -0.15) is 0 Å². The van der Waals surface area contributed by atoms with Gasteiger partial charge in [0.2, 0.25) is 10.0 Å². The van der Waals surface area contributed by atoms with Crippen LogP contribution in [-0.2, 0) is 10.0 Å². The van der Waals surface area contributed by atoms with Gasteiger partial charge in [0.1, 0.15) is 5.75 Å². The van der Waals surface area contributed by atoms with Crippen molar-refractivity contribution in [1.82, 2.24) is 9.21 Å². The number of carbonyl (C=O) groups is 1. The van der Waals surface area contributed by atoms with Gasteiger partial charge in [-0.15, -0.1) is 0 Å². The Bertz CT molecular complexity index is 716. The monoisotopic (exact) mass is 354 g/mol. The molecule has 1 saturated heterocycles. The van der Waals surface area contributed by atoms with Crippen molar-refractivity contribution < 1.29 is 17.9 Å². The van der Waals surface area contributed by atoms with E-state index in [1.165, 1.54) is 4.31 Å². The van der Waals surface area contributed by atoms with Gasteiger partial charge in [0.05, 0.1) is 18.4 Å². The van der Waals surface area contributed by atoms with Crippen LogP contribution in [0.1, 0.15) is 34.8 Å². The summed E-state index contributed by atoms with van der Waals surface area (Å²) in [5, 5.41) is 0. The quantitative estimate of drug-likeness (QED) is 0.827. The number of benzene rings is 1. The Hall–Kier alpha value is -1.60. The lowest BCUT2D eigenvalue weighted by Crippen LogP contribution is -2.38. The molecular formula is C17H26N2O4S. The molecule has 0 aromatic heterocycles. The SMILES string of the molecule is CCS(=O)(=O)N1CCCN(C(=O)c2cc(C)cc(C)c2OC)CC1. The molecule has 0 unspecified atom stereocenters. The van der Waals surface area contributed by atoms with Gasteiger partial charge >= 0.3 is 0 Å². The van der Waals surface area contributed by atoms with E-state index in [0.717, 1.165) is 11.1 Å². The Morgan fingerprint density at radius 2 is 1.88 bits per heavy atom. The number of amides is 1. The normalized spacial score (nSPS) is 16.8. The molecule has 2 rings (SSSR count). The molecule has 1 aromatic carbocycles. The Morgan fingerprint density at radius 1 is 1.17 bits per heavy atom. The maximum absolute atomic E-state index is 12.9. The second kappa shape index (κ2) is 7.53. The van der Waals surface area contributed by atoms with E-state index in [0.29, 0.717) is 43.9 Å². The fraction of sp³-hybridized carbons (Fsp3) is 0.588. The lowest BCUT2D eigenvalue weighted by molar-refractivity contribution is 0.0760. The van der Waals surface area contributed by atoms with E-state index in [4.69, 9.17) is 4.74 Å². The van der Waals surface area contributed by atoms with Crippen molar-refractivity contribution in [2.24, 2.45) is 0 Å². The van der Waals surface area contributed by atoms with Gasteiger partial charge in [-0.25, -0.2) is 12.7 Å². The summed E-state index contributed by atoms with van der Waals surface area (Å²) in [4.78, 5) is 14.7. The number of sulfonamides is 1. The Morgan fingerprint density at radius 3 is 2.50 bits per heavy atom. The highest BCUT2D eigenvalue weighted by Crippen LogP contribution is 2.26. The molecule has 0 atom stereocenters. The summed E-state index contributed by atoms with van der Waals surface area (Å²) in [5.74, 6) is 0.577. The van der Waals surface area contributed by atoms with Gasteiger partial charge in [-0.3, -0.25) is 4.79 Å². The van der Waals surface area contributed by atoms with Crippen LogP contribution in [0, 0.1) is 13.8 Å². The van der Waals surface area contributed by atoms with Crippen molar-refractivity contribution in [2.75, 3.05) is 39.0 Å². The molecule has 0 bridgehead atoms. The standard InChI is InChI=1S/C17H26N2O4S/c1-5-24(21,22)19-8-6-7-18(9-10-19)17(20)15-12-13(2)11-14(3)16(15)23-4/h11-12H,5-10H2,1-4H3. The number of nitrogens with zero attached hydrogens (tertiary/aromatic N) is 2. The second-order valence-corrected chi connectivity index (χ2v) is 8.37. The number of methoxy groups -OCH3 is 1. The number of aryl methyl sites for hydroxylation is 2. The molecule has 0 saturated carbocycles. The third-order valence-corrected chi connectivity index (χ3v) is 6.24. The number of hydrogen-bond donors (Lipinski definition) is 0. The first-order valence-electron chi connectivity index (χ1n) is 8.22. The molecule has 1 heterocycles. The fourth-order valence-corrected chi connectivity index (χ4v) is 4.24. The highest BCUT2D eigenvalue weighted by molar-refractivity contribution is 7.89. The van der Waals surface area contributed by atoms with Crippen LogP contribution in [0.2, 0.25) is 0 Å². The van der Waals surface area contributed by atoms with Gasteiger partial charge in [-0.1, -0.05) is 6.07 Å². The molecule has 134 valence electrons. The molecule has 0 N–H and O–H groups in total. The summed E-state index contributed by atoms with van der Waals surface area (Å²) in [6.07, 6.45) is 0.637. The maximum atomic E-state index is 12.9. The third kappa shape index (κ3) is 3.89. The average molecular weight is 354 g/mol. The summed E-state index contributed by atoms with van der Waals surface area (Å²) < 4.78 is 31.0. The Kier molecular flexibility index (Phi) is 5.87. The van der Waals surface area contributed by atoms with Crippen molar-refractivity contribution in [3.05, 3.63) is 28.8 Å². The summed E-state index contributed by atoms with van der Waals surface area (Å²) >= 11 is 0.